The van der Waals surface area contributed by atoms with Crippen molar-refractivity contribution in [3.05, 3.63) is 59.7 Å². The van der Waals surface area contributed by atoms with Gasteiger partial charge in [-0.2, -0.15) is 4.99 Å². The van der Waals surface area contributed by atoms with E-state index in [1.54, 1.807) is 57.7 Å². The summed E-state index contributed by atoms with van der Waals surface area (Å²) < 4.78 is 0. The van der Waals surface area contributed by atoms with Gasteiger partial charge in [-0.15, -0.1) is 0 Å². The summed E-state index contributed by atoms with van der Waals surface area (Å²) in [7, 11) is 0. The molecule has 0 aromatic heterocycles. The molecular formula is C50H78N14O13. The van der Waals surface area contributed by atoms with Gasteiger partial charge in [-0.1, -0.05) is 31.2 Å². The van der Waals surface area contributed by atoms with E-state index in [2.05, 4.69) is 47.5 Å². The number of carboxylic acid groups (broad SMARTS) is 3. The molecular weight excluding hydrogens is 1000 g/mol. The number of nitrogens with two attached hydrogens (primary N) is 1. The third kappa shape index (κ3) is 28.2. The first-order chi connectivity index (χ1) is 36.8. The SMILES string of the molecule is CCC(=O)NCCNC(=O)/N=C(/N)NCCC[C@@H](NC(=O)C(C)c1ccc(NCCCNC(=O)CCNC(=O)CN2CCN(CC(=O)O)CCN(CC(=O)O)CCN(CC(=O)O)CC2)cc1)C(=O)NCc1ccc(O)cc1. The zero-order chi connectivity index (χ0) is 56.5. The molecule has 426 valence electrons. The van der Waals surface area contributed by atoms with Gasteiger partial charge in [-0.3, -0.25) is 58.0 Å². The minimum absolute atomic E-state index is 0.0246. The Morgan fingerprint density at radius 1 is 0.571 bits per heavy atom. The summed E-state index contributed by atoms with van der Waals surface area (Å²) >= 11 is 0. The molecule has 1 aliphatic heterocycles. The molecule has 3 rings (SSSR count). The van der Waals surface area contributed by atoms with Crippen molar-refractivity contribution in [1.29, 1.82) is 0 Å². The maximum absolute atomic E-state index is 13.6. The number of urea groups is 1. The van der Waals surface area contributed by atoms with Crippen molar-refractivity contribution in [1.82, 2.24) is 56.8 Å². The number of carbonyl (C=O) groups excluding carboxylic acids is 6. The number of carboxylic acids is 3. The summed E-state index contributed by atoms with van der Waals surface area (Å²) in [5, 5.41) is 60.4. The van der Waals surface area contributed by atoms with Gasteiger partial charge in [0.15, 0.2) is 5.96 Å². The predicted octanol–water partition coefficient (Wildman–Crippen LogP) is -1.88. The topological polar surface area (TPSA) is 382 Å². The number of guanidine groups is 1. The van der Waals surface area contributed by atoms with Crippen LogP contribution in [0.5, 0.6) is 5.75 Å². The summed E-state index contributed by atoms with van der Waals surface area (Å²) in [4.78, 5) is 121. The maximum Gasteiger partial charge on any atom is 0.344 e. The smallest absolute Gasteiger partial charge is 0.344 e. The van der Waals surface area contributed by atoms with E-state index < -0.39 is 41.8 Å². The molecule has 2 atom stereocenters. The first-order valence-electron chi connectivity index (χ1n) is 25.7. The first-order valence-corrected chi connectivity index (χ1v) is 25.7. The van der Waals surface area contributed by atoms with Gasteiger partial charge in [0, 0.05) is 117 Å². The number of aliphatic carboxylic acids is 3. The van der Waals surface area contributed by atoms with E-state index in [4.69, 9.17) is 5.73 Å². The zero-order valence-corrected chi connectivity index (χ0v) is 44.0. The standard InChI is InChI=1S/C50H78N14O13/c1-3-41(66)55-20-21-57-50(77)60-49(51)56-16-4-6-40(48(76)58-30-36-7-13-39(65)14-8-36)59-47(75)35(2)37-9-11-38(12-10-37)52-17-5-18-53-42(67)15-19-54-43(68)31-61-22-24-62(32-44(69)70)26-28-64(34-46(73)74)29-27-63(25-23-61)33-45(71)72/h7-14,35,40,52,65H,3-6,15-34H2,1-2H3,(H,53,67)(H,54,68)(H,55,66)(H,58,76)(H,59,75)(H,69,70)(H,71,72)(H,73,74)(H4,51,56,57,60,77)/t35?,40-/m1/s1. The van der Waals surface area contributed by atoms with E-state index >= 15 is 0 Å². The molecule has 7 amide bonds. The van der Waals surface area contributed by atoms with Crippen molar-refractivity contribution < 1.29 is 63.6 Å². The first kappa shape index (κ1) is 63.7. The quantitative estimate of drug-likeness (QED) is 0.0231. The average Bonchev–Trinajstić information content (AvgIpc) is 3.38. The number of nitrogens with zero attached hydrogens (tertiary/aromatic N) is 5. The van der Waals surface area contributed by atoms with Crippen LogP contribution in [-0.4, -0.2) is 223 Å². The van der Waals surface area contributed by atoms with E-state index in [0.29, 0.717) is 37.9 Å². The molecule has 0 spiro atoms. The van der Waals surface area contributed by atoms with Crippen molar-refractivity contribution in [2.75, 3.05) is 123 Å². The van der Waals surface area contributed by atoms with Crippen LogP contribution in [0.15, 0.2) is 53.5 Å². The van der Waals surface area contributed by atoms with Crippen molar-refractivity contribution in [2.24, 2.45) is 10.7 Å². The second-order valence-electron chi connectivity index (χ2n) is 18.3. The molecule has 14 N–H and O–H groups in total. The van der Waals surface area contributed by atoms with Gasteiger partial charge in [-0.25, -0.2) is 4.79 Å². The van der Waals surface area contributed by atoms with Gasteiger partial charge in [0.05, 0.1) is 32.1 Å². The lowest BCUT2D eigenvalue weighted by Crippen LogP contribution is -2.50. The predicted molar refractivity (Wildman–Crippen MR) is 285 cm³/mol. The van der Waals surface area contributed by atoms with Crippen LogP contribution in [0.4, 0.5) is 10.5 Å². The average molecular weight is 1080 g/mol. The van der Waals surface area contributed by atoms with Crippen LogP contribution in [-0.2, 0) is 44.9 Å². The van der Waals surface area contributed by atoms with Crippen LogP contribution in [0.25, 0.3) is 0 Å². The van der Waals surface area contributed by atoms with Crippen LogP contribution in [0.3, 0.4) is 0 Å². The molecule has 1 aliphatic rings. The minimum atomic E-state index is -1.05. The molecule has 27 nitrogen and oxygen atoms in total. The number of phenolic OH excluding ortho intramolecular Hbond substituents is 1. The number of aromatic hydroxyl groups is 1. The molecule has 2 aromatic carbocycles. The number of anilines is 1. The molecule has 27 heteroatoms. The minimum Gasteiger partial charge on any atom is -0.508 e. The van der Waals surface area contributed by atoms with E-state index in [1.807, 2.05) is 12.1 Å². The Kier molecular flexibility index (Phi) is 29.4. The number of phenols is 1. The number of hydrogen-bond donors (Lipinski definition) is 13. The molecule has 0 radical (unpaired) electrons. The van der Waals surface area contributed by atoms with Gasteiger partial charge in [0.1, 0.15) is 11.8 Å². The van der Waals surface area contributed by atoms with Gasteiger partial charge >= 0.3 is 23.9 Å². The fourth-order valence-electron chi connectivity index (χ4n) is 7.74. The highest BCUT2D eigenvalue weighted by Crippen LogP contribution is 2.19. The van der Waals surface area contributed by atoms with E-state index in [1.165, 1.54) is 12.1 Å². The highest BCUT2D eigenvalue weighted by molar-refractivity contribution is 5.92. The third-order valence-corrected chi connectivity index (χ3v) is 12.1. The Morgan fingerprint density at radius 3 is 1.62 bits per heavy atom. The Hall–Kier alpha value is -7.62. The number of rotatable bonds is 30. The maximum atomic E-state index is 13.6. The number of hydrogen-bond acceptors (Lipinski definition) is 15. The van der Waals surface area contributed by atoms with Gasteiger partial charge in [-0.05, 0) is 61.6 Å². The molecule has 2 aromatic rings. The van der Waals surface area contributed by atoms with Crippen LogP contribution >= 0.6 is 0 Å². The van der Waals surface area contributed by atoms with Gasteiger partial charge < -0.3 is 68.7 Å². The third-order valence-electron chi connectivity index (χ3n) is 12.1. The van der Waals surface area contributed by atoms with Crippen molar-refractivity contribution >= 4 is 65.1 Å². The number of amides is 7. The highest BCUT2D eigenvalue weighted by atomic mass is 16.4. The highest BCUT2D eigenvalue weighted by Gasteiger charge is 2.25. The fraction of sp³-hybridized carbons (Fsp3) is 0.560. The molecule has 77 heavy (non-hydrogen) atoms. The summed E-state index contributed by atoms with van der Waals surface area (Å²) in [5.41, 5.74) is 8.08. The monoisotopic (exact) mass is 1080 g/mol. The molecule has 1 heterocycles. The van der Waals surface area contributed by atoms with Crippen molar-refractivity contribution in [3.63, 3.8) is 0 Å². The van der Waals surface area contributed by atoms with Crippen LogP contribution in [0.2, 0.25) is 0 Å². The Morgan fingerprint density at radius 2 is 1.08 bits per heavy atom. The number of nitrogens with one attached hydrogen (secondary N) is 8. The van der Waals surface area contributed by atoms with Crippen LogP contribution in [0.1, 0.15) is 63.0 Å². The second kappa shape index (κ2) is 35.6. The fourth-order valence-corrected chi connectivity index (χ4v) is 7.74. The zero-order valence-electron chi connectivity index (χ0n) is 44.0. The second-order valence-corrected chi connectivity index (χ2v) is 18.3. The molecule has 1 unspecified atom stereocenters. The molecule has 0 saturated carbocycles. The Bertz CT molecular complexity index is 2220. The van der Waals surface area contributed by atoms with Crippen molar-refractivity contribution in [2.45, 2.75) is 64.5 Å². The number of benzene rings is 2. The molecule has 1 fully saturated rings. The van der Waals surface area contributed by atoms with Crippen LogP contribution < -0.4 is 48.3 Å². The molecule has 0 bridgehead atoms. The molecule has 0 aliphatic carbocycles. The summed E-state index contributed by atoms with van der Waals surface area (Å²) in [6.45, 7) is 6.38. The summed E-state index contributed by atoms with van der Waals surface area (Å²) in [5.74, 6) is -5.44. The van der Waals surface area contributed by atoms with E-state index in [9.17, 15) is 63.6 Å². The van der Waals surface area contributed by atoms with E-state index in [-0.39, 0.29) is 159 Å². The Labute approximate surface area is 448 Å². The van der Waals surface area contributed by atoms with Gasteiger partial charge in [0.25, 0.3) is 0 Å². The number of carbonyl (C=O) groups is 9. The van der Waals surface area contributed by atoms with E-state index in [0.717, 1.165) is 11.3 Å². The lowest BCUT2D eigenvalue weighted by atomic mass is 9.99. The molecule has 1 saturated heterocycles. The van der Waals surface area contributed by atoms with Gasteiger partial charge in [0.2, 0.25) is 29.5 Å². The summed E-state index contributed by atoms with van der Waals surface area (Å²) in [6.07, 6.45) is 1.49. The lowest BCUT2D eigenvalue weighted by Gasteiger charge is -2.32. The Balaban J connectivity index is 1.43. The lowest BCUT2D eigenvalue weighted by molar-refractivity contribution is -0.140. The van der Waals surface area contributed by atoms with Crippen molar-refractivity contribution in [3.8, 4) is 5.75 Å². The summed E-state index contributed by atoms with van der Waals surface area (Å²) in [6, 6.07) is 11.9. The number of aliphatic imine (C=N–C) groups is 1. The normalized spacial score (nSPS) is 15.0. The van der Waals surface area contributed by atoms with Crippen LogP contribution in [0, 0.1) is 0 Å². The largest absolute Gasteiger partial charge is 0.508 e.